The van der Waals surface area contributed by atoms with Gasteiger partial charge in [-0.05, 0) is 18.4 Å². The molecule has 1 saturated heterocycles. The molecule has 1 aromatic carbocycles. The van der Waals surface area contributed by atoms with Crippen LogP contribution in [-0.4, -0.2) is 59.5 Å². The van der Waals surface area contributed by atoms with Crippen molar-refractivity contribution in [3.63, 3.8) is 0 Å². The number of hydrogen-bond donors (Lipinski definition) is 2. The van der Waals surface area contributed by atoms with Gasteiger partial charge in [0.15, 0.2) is 0 Å². The van der Waals surface area contributed by atoms with E-state index >= 15 is 0 Å². The van der Waals surface area contributed by atoms with Gasteiger partial charge in [0.25, 0.3) is 0 Å². The Hall–Kier alpha value is -2.13. The van der Waals surface area contributed by atoms with Gasteiger partial charge in [0.05, 0.1) is 31.9 Å². The number of carbonyl (C=O) groups excluding carboxylic acids is 1. The Balaban J connectivity index is 1.88. The molecular formula is C21H27NO4. The van der Waals surface area contributed by atoms with Gasteiger partial charge in [0.2, 0.25) is 5.91 Å². The Bertz CT molecular complexity index is 632. The second-order valence-corrected chi connectivity index (χ2v) is 6.25. The van der Waals surface area contributed by atoms with E-state index in [9.17, 15) is 9.90 Å². The van der Waals surface area contributed by atoms with Gasteiger partial charge in [0, 0.05) is 12.8 Å². The monoisotopic (exact) mass is 357 g/mol. The fourth-order valence-corrected chi connectivity index (χ4v) is 2.91. The van der Waals surface area contributed by atoms with Crippen molar-refractivity contribution in [2.24, 2.45) is 0 Å². The predicted octanol–water partition coefficient (Wildman–Crippen LogP) is 1.54. The molecule has 1 aliphatic rings. The number of rotatable bonds is 8. The molecule has 0 bridgehead atoms. The van der Waals surface area contributed by atoms with E-state index in [4.69, 9.17) is 9.84 Å². The first-order chi connectivity index (χ1) is 12.7. The zero-order valence-corrected chi connectivity index (χ0v) is 15.0. The van der Waals surface area contributed by atoms with Crippen molar-refractivity contribution in [3.8, 4) is 11.8 Å². The molecule has 2 rings (SSSR count). The van der Waals surface area contributed by atoms with Crippen LogP contribution >= 0.6 is 0 Å². The third-order valence-corrected chi connectivity index (χ3v) is 4.24. The molecule has 0 spiro atoms. The Morgan fingerprint density at radius 3 is 2.88 bits per heavy atom. The minimum absolute atomic E-state index is 0.0233. The normalized spacial score (nSPS) is 18.6. The van der Waals surface area contributed by atoms with Crippen molar-refractivity contribution in [3.05, 3.63) is 48.0 Å². The lowest BCUT2D eigenvalue weighted by Crippen LogP contribution is -2.42. The lowest BCUT2D eigenvalue weighted by atomic mass is 9.99. The maximum Gasteiger partial charge on any atom is 0.223 e. The maximum absolute atomic E-state index is 12.2. The SMILES string of the molecule is O=C1CCCC(C=CC(O)Cc2ccccc2)N1CC#CCOCCO. The number of benzene rings is 1. The number of ether oxygens (including phenoxy) is 1. The number of aliphatic hydroxyl groups is 2. The van der Waals surface area contributed by atoms with E-state index in [1.54, 1.807) is 11.0 Å². The average molecular weight is 357 g/mol. The van der Waals surface area contributed by atoms with Crippen LogP contribution in [0.1, 0.15) is 24.8 Å². The van der Waals surface area contributed by atoms with E-state index in [0.717, 1.165) is 18.4 Å². The molecule has 2 N–H and O–H groups in total. The molecule has 5 heteroatoms. The number of likely N-dealkylation sites (tertiary alicyclic amines) is 1. The summed E-state index contributed by atoms with van der Waals surface area (Å²) in [6.07, 6.45) is 5.96. The van der Waals surface area contributed by atoms with Crippen molar-refractivity contribution in [2.45, 2.75) is 37.8 Å². The van der Waals surface area contributed by atoms with Crippen molar-refractivity contribution in [1.82, 2.24) is 4.90 Å². The molecule has 5 nitrogen and oxygen atoms in total. The molecule has 1 aliphatic heterocycles. The molecule has 2 atom stereocenters. The highest BCUT2D eigenvalue weighted by atomic mass is 16.5. The topological polar surface area (TPSA) is 70.0 Å². The summed E-state index contributed by atoms with van der Waals surface area (Å²) in [5.74, 6) is 5.90. The summed E-state index contributed by atoms with van der Waals surface area (Å²) in [7, 11) is 0. The molecule has 0 aliphatic carbocycles. The standard InChI is InChI=1S/C21H27NO4/c23-14-16-26-15-5-4-13-22-19(9-6-10-21(22)25)11-12-20(24)17-18-7-2-1-3-8-18/h1-3,7-8,11-12,19-20,23-24H,6,9-10,13-17H2. The molecule has 1 fully saturated rings. The zero-order chi connectivity index (χ0) is 18.6. The minimum atomic E-state index is -0.575. The van der Waals surface area contributed by atoms with Crippen LogP contribution in [0.5, 0.6) is 0 Å². The molecule has 140 valence electrons. The third kappa shape index (κ3) is 7.01. The summed E-state index contributed by atoms with van der Waals surface area (Å²) in [6.45, 7) is 0.844. The van der Waals surface area contributed by atoms with Crippen LogP contribution in [0.4, 0.5) is 0 Å². The lowest BCUT2D eigenvalue weighted by molar-refractivity contribution is -0.134. The molecule has 0 radical (unpaired) electrons. The Morgan fingerprint density at radius 2 is 2.12 bits per heavy atom. The molecule has 2 unspecified atom stereocenters. The Kier molecular flexibility index (Phi) is 8.91. The second kappa shape index (κ2) is 11.5. The average Bonchev–Trinajstić information content (AvgIpc) is 2.65. The molecule has 0 aromatic heterocycles. The summed E-state index contributed by atoms with van der Waals surface area (Å²) in [5, 5.41) is 18.9. The van der Waals surface area contributed by atoms with E-state index in [1.807, 2.05) is 36.4 Å². The van der Waals surface area contributed by atoms with Crippen molar-refractivity contribution < 1.29 is 19.7 Å². The number of nitrogens with zero attached hydrogens (tertiary/aromatic N) is 1. The van der Waals surface area contributed by atoms with Crippen molar-refractivity contribution >= 4 is 5.91 Å². The molecule has 1 amide bonds. The van der Waals surface area contributed by atoms with Crippen LogP contribution in [0.2, 0.25) is 0 Å². The number of piperidine rings is 1. The number of amides is 1. The largest absolute Gasteiger partial charge is 0.394 e. The first-order valence-corrected chi connectivity index (χ1v) is 9.05. The molecular weight excluding hydrogens is 330 g/mol. The number of hydrogen-bond acceptors (Lipinski definition) is 4. The quantitative estimate of drug-likeness (QED) is 0.421. The fraction of sp³-hybridized carbons (Fsp3) is 0.476. The summed E-state index contributed by atoms with van der Waals surface area (Å²) in [6, 6.07) is 9.80. The first-order valence-electron chi connectivity index (χ1n) is 9.05. The minimum Gasteiger partial charge on any atom is -0.394 e. The second-order valence-electron chi connectivity index (χ2n) is 6.25. The highest BCUT2D eigenvalue weighted by molar-refractivity contribution is 5.77. The summed E-state index contributed by atoms with van der Waals surface area (Å²) in [5.41, 5.74) is 1.08. The Morgan fingerprint density at radius 1 is 1.31 bits per heavy atom. The zero-order valence-electron chi connectivity index (χ0n) is 15.0. The maximum atomic E-state index is 12.2. The van der Waals surface area contributed by atoms with Gasteiger partial charge < -0.3 is 19.8 Å². The van der Waals surface area contributed by atoms with E-state index in [2.05, 4.69) is 11.8 Å². The highest BCUT2D eigenvalue weighted by Crippen LogP contribution is 2.19. The van der Waals surface area contributed by atoms with Crippen LogP contribution in [-0.2, 0) is 16.0 Å². The molecule has 1 heterocycles. The summed E-state index contributed by atoms with van der Waals surface area (Å²) >= 11 is 0. The first kappa shape index (κ1) is 20.2. The smallest absolute Gasteiger partial charge is 0.223 e. The number of aliphatic hydroxyl groups excluding tert-OH is 2. The van der Waals surface area contributed by atoms with Gasteiger partial charge in [0.1, 0.15) is 6.61 Å². The van der Waals surface area contributed by atoms with E-state index in [1.165, 1.54) is 0 Å². The van der Waals surface area contributed by atoms with Crippen molar-refractivity contribution in [1.29, 1.82) is 0 Å². The predicted molar refractivity (Wildman–Crippen MR) is 100 cm³/mol. The molecule has 0 saturated carbocycles. The van der Waals surface area contributed by atoms with E-state index in [-0.39, 0.29) is 31.8 Å². The highest BCUT2D eigenvalue weighted by Gasteiger charge is 2.25. The van der Waals surface area contributed by atoms with Crippen LogP contribution in [0.25, 0.3) is 0 Å². The van der Waals surface area contributed by atoms with Gasteiger partial charge in [-0.3, -0.25) is 4.79 Å². The van der Waals surface area contributed by atoms with Gasteiger partial charge >= 0.3 is 0 Å². The molecule has 1 aromatic rings. The molecule has 26 heavy (non-hydrogen) atoms. The Labute approximate surface area is 155 Å². The van der Waals surface area contributed by atoms with Crippen LogP contribution in [0.15, 0.2) is 42.5 Å². The lowest BCUT2D eigenvalue weighted by Gasteiger charge is -2.32. The van der Waals surface area contributed by atoms with Crippen molar-refractivity contribution in [2.75, 3.05) is 26.4 Å². The van der Waals surface area contributed by atoms with E-state index in [0.29, 0.717) is 19.4 Å². The van der Waals surface area contributed by atoms with Gasteiger partial charge in [-0.25, -0.2) is 0 Å². The summed E-state index contributed by atoms with van der Waals surface area (Å²) in [4.78, 5) is 14.0. The van der Waals surface area contributed by atoms with E-state index < -0.39 is 6.10 Å². The van der Waals surface area contributed by atoms with Gasteiger partial charge in [-0.2, -0.15) is 0 Å². The number of carbonyl (C=O) groups is 1. The van der Waals surface area contributed by atoms with Gasteiger partial charge in [-0.15, -0.1) is 0 Å². The fourth-order valence-electron chi connectivity index (χ4n) is 2.91. The van der Waals surface area contributed by atoms with Crippen LogP contribution in [0, 0.1) is 11.8 Å². The van der Waals surface area contributed by atoms with Crippen LogP contribution in [0.3, 0.4) is 0 Å². The van der Waals surface area contributed by atoms with Gasteiger partial charge in [-0.1, -0.05) is 54.3 Å². The third-order valence-electron chi connectivity index (χ3n) is 4.24. The van der Waals surface area contributed by atoms with Crippen LogP contribution < -0.4 is 0 Å². The summed E-state index contributed by atoms with van der Waals surface area (Å²) < 4.78 is 5.09.